The monoisotopic (exact) mass is 366 g/mol. The quantitative estimate of drug-likeness (QED) is 0.569. The Morgan fingerprint density at radius 2 is 2.04 bits per heavy atom. The molecule has 1 atom stereocenters. The van der Waals surface area contributed by atoms with Gasteiger partial charge in [0.2, 0.25) is 0 Å². The highest BCUT2D eigenvalue weighted by Gasteiger charge is 2.34. The predicted octanol–water partition coefficient (Wildman–Crippen LogP) is 2.24. The maximum absolute atomic E-state index is 12.6. The summed E-state index contributed by atoms with van der Waals surface area (Å²) in [5.74, 6) is 1.35. The second kappa shape index (κ2) is 8.66. The van der Waals surface area contributed by atoms with Crippen molar-refractivity contribution >= 4 is 23.8 Å². The highest BCUT2D eigenvalue weighted by atomic mass is 32.2. The molecule has 2 N–H and O–H groups in total. The lowest BCUT2D eigenvalue weighted by atomic mass is 9.94. The molecule has 0 fully saturated rings. The van der Waals surface area contributed by atoms with E-state index in [0.717, 1.165) is 0 Å². The number of rotatable bonds is 7. The molecule has 136 valence electrons. The first-order valence-corrected chi connectivity index (χ1v) is 9.07. The van der Waals surface area contributed by atoms with Gasteiger partial charge in [0.1, 0.15) is 18.1 Å². The van der Waals surface area contributed by atoms with Crippen LogP contribution in [-0.4, -0.2) is 44.8 Å². The molecule has 8 heteroatoms. The van der Waals surface area contributed by atoms with Crippen LogP contribution in [0.15, 0.2) is 29.5 Å². The summed E-state index contributed by atoms with van der Waals surface area (Å²) in [5.41, 5.74) is 1.41. The third-order valence-corrected chi connectivity index (χ3v) is 4.33. The molecule has 1 heterocycles. The lowest BCUT2D eigenvalue weighted by molar-refractivity contribution is -0.138. The van der Waals surface area contributed by atoms with Crippen molar-refractivity contribution < 1.29 is 23.8 Å². The van der Waals surface area contributed by atoms with Crippen molar-refractivity contribution in [1.82, 2.24) is 10.6 Å². The number of carbonyl (C=O) groups is 2. The maximum atomic E-state index is 12.6. The van der Waals surface area contributed by atoms with Crippen LogP contribution >= 0.6 is 11.8 Å². The Morgan fingerprint density at radius 1 is 1.28 bits per heavy atom. The summed E-state index contributed by atoms with van der Waals surface area (Å²) in [6.07, 6.45) is 1.94. The number of esters is 1. The molecule has 0 aromatic heterocycles. The second-order valence-corrected chi connectivity index (χ2v) is 6.29. The molecular formula is C17H22N2O5S. The molecule has 7 nitrogen and oxygen atoms in total. The summed E-state index contributed by atoms with van der Waals surface area (Å²) in [4.78, 5) is 24.5. The topological polar surface area (TPSA) is 85.9 Å². The molecule has 0 bridgehead atoms. The van der Waals surface area contributed by atoms with Gasteiger partial charge in [-0.3, -0.25) is 0 Å². The summed E-state index contributed by atoms with van der Waals surface area (Å²) in [6, 6.07) is 4.12. The lowest BCUT2D eigenvalue weighted by Crippen LogP contribution is -2.45. The standard InChI is InChI=1S/C17H22N2O5S/c1-10-14(16(20)24-7-8-25-4)15(19-17(21)18-10)12-9-11(22-2)5-6-13(12)23-3/h5-6,9,15H,7-8H2,1-4H3,(H2,18,19,21)/t15-/m1/s1. The molecule has 0 saturated carbocycles. The van der Waals surface area contributed by atoms with E-state index in [4.69, 9.17) is 14.2 Å². The van der Waals surface area contributed by atoms with E-state index >= 15 is 0 Å². The highest BCUT2D eigenvalue weighted by Crippen LogP contribution is 2.35. The van der Waals surface area contributed by atoms with Gasteiger partial charge >= 0.3 is 12.0 Å². The van der Waals surface area contributed by atoms with Crippen molar-refractivity contribution in [2.24, 2.45) is 0 Å². The normalized spacial score (nSPS) is 16.8. The molecule has 0 aliphatic carbocycles. The van der Waals surface area contributed by atoms with Crippen LogP contribution in [0.4, 0.5) is 4.79 Å². The van der Waals surface area contributed by atoms with E-state index in [0.29, 0.717) is 40.7 Å². The zero-order chi connectivity index (χ0) is 18.4. The first-order chi connectivity index (χ1) is 12.0. The number of urea groups is 1. The van der Waals surface area contributed by atoms with Crippen LogP contribution in [0.3, 0.4) is 0 Å². The number of hydrogen-bond donors (Lipinski definition) is 2. The van der Waals surface area contributed by atoms with Crippen molar-refractivity contribution in [3.8, 4) is 11.5 Å². The number of ether oxygens (including phenoxy) is 3. The van der Waals surface area contributed by atoms with Crippen LogP contribution in [-0.2, 0) is 9.53 Å². The third-order valence-electron chi connectivity index (χ3n) is 3.76. The van der Waals surface area contributed by atoms with Crippen LogP contribution in [0.25, 0.3) is 0 Å². The molecule has 1 aliphatic rings. The molecule has 1 aromatic rings. The van der Waals surface area contributed by atoms with E-state index in [1.54, 1.807) is 44.0 Å². The minimum Gasteiger partial charge on any atom is -0.497 e. The maximum Gasteiger partial charge on any atom is 0.338 e. The van der Waals surface area contributed by atoms with Gasteiger partial charge in [0.25, 0.3) is 0 Å². The molecule has 25 heavy (non-hydrogen) atoms. The molecule has 0 radical (unpaired) electrons. The zero-order valence-electron chi connectivity index (χ0n) is 14.7. The zero-order valence-corrected chi connectivity index (χ0v) is 15.5. The summed E-state index contributed by atoms with van der Waals surface area (Å²) in [5, 5.41) is 5.38. The molecule has 0 spiro atoms. The predicted molar refractivity (Wildman–Crippen MR) is 96.0 cm³/mol. The van der Waals surface area contributed by atoms with E-state index in [9.17, 15) is 9.59 Å². The number of nitrogens with one attached hydrogen (secondary N) is 2. The first kappa shape index (κ1) is 19.0. The van der Waals surface area contributed by atoms with Gasteiger partial charge in [-0.05, 0) is 31.4 Å². The Labute approximate surface area is 151 Å². The molecule has 2 rings (SSSR count). The van der Waals surface area contributed by atoms with Gasteiger partial charge < -0.3 is 24.8 Å². The smallest absolute Gasteiger partial charge is 0.338 e. The van der Waals surface area contributed by atoms with E-state index in [1.807, 2.05) is 6.26 Å². The number of methoxy groups -OCH3 is 2. The third kappa shape index (κ3) is 4.39. The molecule has 1 aromatic carbocycles. The Hall–Kier alpha value is -2.35. The second-order valence-electron chi connectivity index (χ2n) is 5.31. The minimum atomic E-state index is -0.694. The fraction of sp³-hybridized carbons (Fsp3) is 0.412. The minimum absolute atomic E-state index is 0.298. The summed E-state index contributed by atoms with van der Waals surface area (Å²) in [7, 11) is 3.08. The van der Waals surface area contributed by atoms with Gasteiger partial charge in [-0.25, -0.2) is 9.59 Å². The van der Waals surface area contributed by atoms with Gasteiger partial charge in [-0.2, -0.15) is 11.8 Å². The molecule has 2 amide bonds. The molecule has 0 unspecified atom stereocenters. The Balaban J connectivity index is 2.44. The molecule has 1 aliphatic heterocycles. The lowest BCUT2D eigenvalue weighted by Gasteiger charge is -2.29. The summed E-state index contributed by atoms with van der Waals surface area (Å²) < 4.78 is 16.0. The average molecular weight is 366 g/mol. The van der Waals surface area contributed by atoms with Crippen molar-refractivity contribution in [2.45, 2.75) is 13.0 Å². The number of allylic oxidation sites excluding steroid dienone is 1. The number of amides is 2. The van der Waals surface area contributed by atoms with E-state index in [-0.39, 0.29) is 0 Å². The number of carbonyl (C=O) groups excluding carboxylic acids is 2. The van der Waals surface area contributed by atoms with Crippen LogP contribution < -0.4 is 20.1 Å². The van der Waals surface area contributed by atoms with Gasteiger partial charge in [-0.1, -0.05) is 0 Å². The summed E-state index contributed by atoms with van der Waals surface area (Å²) >= 11 is 1.58. The molecule has 0 saturated heterocycles. The average Bonchev–Trinajstić information content (AvgIpc) is 2.60. The largest absolute Gasteiger partial charge is 0.497 e. The van der Waals surface area contributed by atoms with Crippen molar-refractivity contribution in [2.75, 3.05) is 32.8 Å². The Bertz CT molecular complexity index is 690. The van der Waals surface area contributed by atoms with Gasteiger partial charge in [0.05, 0.1) is 25.8 Å². The highest BCUT2D eigenvalue weighted by molar-refractivity contribution is 7.98. The van der Waals surface area contributed by atoms with Crippen LogP contribution in [0.1, 0.15) is 18.5 Å². The van der Waals surface area contributed by atoms with E-state index in [1.165, 1.54) is 7.11 Å². The summed E-state index contributed by atoms with van der Waals surface area (Å²) in [6.45, 7) is 1.97. The van der Waals surface area contributed by atoms with E-state index < -0.39 is 18.0 Å². The van der Waals surface area contributed by atoms with Crippen LogP contribution in [0.5, 0.6) is 11.5 Å². The fourth-order valence-corrected chi connectivity index (χ4v) is 2.81. The SMILES string of the molecule is COc1ccc(OC)c([C@H]2NC(=O)NC(C)=C2C(=O)OCCSC)c1. The van der Waals surface area contributed by atoms with Gasteiger partial charge in [-0.15, -0.1) is 0 Å². The van der Waals surface area contributed by atoms with Gasteiger partial charge in [0.15, 0.2) is 0 Å². The van der Waals surface area contributed by atoms with E-state index in [2.05, 4.69) is 10.6 Å². The van der Waals surface area contributed by atoms with Crippen molar-refractivity contribution in [3.63, 3.8) is 0 Å². The number of benzene rings is 1. The van der Waals surface area contributed by atoms with Gasteiger partial charge in [0, 0.05) is 17.0 Å². The van der Waals surface area contributed by atoms with Crippen LogP contribution in [0, 0.1) is 0 Å². The van der Waals surface area contributed by atoms with Crippen molar-refractivity contribution in [3.05, 3.63) is 35.0 Å². The fourth-order valence-electron chi connectivity index (χ4n) is 2.56. The molecular weight excluding hydrogens is 344 g/mol. The Kier molecular flexibility index (Phi) is 6.58. The Morgan fingerprint density at radius 3 is 2.68 bits per heavy atom. The number of hydrogen-bond acceptors (Lipinski definition) is 6. The van der Waals surface area contributed by atoms with Crippen molar-refractivity contribution in [1.29, 1.82) is 0 Å². The number of thioether (sulfide) groups is 1. The van der Waals surface area contributed by atoms with Crippen LogP contribution in [0.2, 0.25) is 0 Å². The first-order valence-electron chi connectivity index (χ1n) is 7.68.